The van der Waals surface area contributed by atoms with Gasteiger partial charge in [-0.05, 0) is 43.4 Å². The van der Waals surface area contributed by atoms with Crippen LogP contribution in [0.4, 0.5) is 0 Å². The molecule has 0 aliphatic heterocycles. The van der Waals surface area contributed by atoms with Crippen molar-refractivity contribution in [3.63, 3.8) is 0 Å². The van der Waals surface area contributed by atoms with Crippen LogP contribution in [0.25, 0.3) is 0 Å². The Bertz CT molecular complexity index is 375. The van der Waals surface area contributed by atoms with Crippen LogP contribution in [0.3, 0.4) is 0 Å². The summed E-state index contributed by atoms with van der Waals surface area (Å²) in [6.45, 7) is 4.09. The van der Waals surface area contributed by atoms with E-state index in [1.165, 1.54) is 25.3 Å². The molecule has 0 spiro atoms. The molecule has 18 heavy (non-hydrogen) atoms. The number of hydrogen-bond acceptors (Lipinski definition) is 3. The van der Waals surface area contributed by atoms with E-state index in [0.717, 1.165) is 24.0 Å². The fourth-order valence-electron chi connectivity index (χ4n) is 2.13. The van der Waals surface area contributed by atoms with Gasteiger partial charge in [-0.25, -0.2) is 0 Å². The van der Waals surface area contributed by atoms with Crippen molar-refractivity contribution in [3.8, 4) is 11.5 Å². The second-order valence-corrected chi connectivity index (χ2v) is 5.10. The first-order chi connectivity index (χ1) is 8.54. The summed E-state index contributed by atoms with van der Waals surface area (Å²) >= 11 is 0. The molecule has 1 aromatic rings. The summed E-state index contributed by atoms with van der Waals surface area (Å²) in [5.41, 5.74) is 7.49. The highest BCUT2D eigenvalue weighted by Gasteiger charge is 2.10. The summed E-state index contributed by atoms with van der Waals surface area (Å²) in [6.07, 6.45) is 6.18. The van der Waals surface area contributed by atoms with Crippen LogP contribution in [0, 0.1) is 0 Å². The number of benzene rings is 1. The largest absolute Gasteiger partial charge is 0.508 e. The van der Waals surface area contributed by atoms with Crippen molar-refractivity contribution >= 4 is 0 Å². The van der Waals surface area contributed by atoms with Gasteiger partial charge in [0.1, 0.15) is 11.5 Å². The predicted molar refractivity (Wildman–Crippen MR) is 75.0 cm³/mol. The number of unbranched alkanes of at least 4 members (excludes halogenated alkanes) is 3. The van der Waals surface area contributed by atoms with Crippen LogP contribution >= 0.6 is 0 Å². The van der Waals surface area contributed by atoms with E-state index in [9.17, 15) is 10.2 Å². The summed E-state index contributed by atoms with van der Waals surface area (Å²) in [6, 6.07) is 3.33. The lowest BCUT2D eigenvalue weighted by molar-refractivity contribution is 0.439. The van der Waals surface area contributed by atoms with Gasteiger partial charge in [-0.3, -0.25) is 0 Å². The van der Waals surface area contributed by atoms with Gasteiger partial charge in [-0.15, -0.1) is 0 Å². The van der Waals surface area contributed by atoms with Gasteiger partial charge in [0, 0.05) is 12.1 Å². The van der Waals surface area contributed by atoms with E-state index in [2.05, 4.69) is 6.92 Å². The van der Waals surface area contributed by atoms with E-state index < -0.39 is 0 Å². The maximum absolute atomic E-state index is 9.82. The minimum Gasteiger partial charge on any atom is -0.508 e. The molecule has 3 nitrogen and oxygen atoms in total. The Kier molecular flexibility index (Phi) is 5.99. The minimum atomic E-state index is 0.00776. The molecule has 1 aromatic carbocycles. The number of hydrogen-bond donors (Lipinski definition) is 3. The third kappa shape index (κ3) is 4.57. The Morgan fingerprint density at radius 3 is 2.33 bits per heavy atom. The fraction of sp³-hybridized carbons (Fsp3) is 0.600. The molecule has 4 N–H and O–H groups in total. The lowest BCUT2D eigenvalue weighted by Crippen LogP contribution is -2.17. The smallest absolute Gasteiger partial charge is 0.122 e. The van der Waals surface area contributed by atoms with Crippen molar-refractivity contribution in [3.05, 3.63) is 23.3 Å². The predicted octanol–water partition coefficient (Wildman–Crippen LogP) is 3.11. The van der Waals surface area contributed by atoms with Gasteiger partial charge < -0.3 is 15.9 Å². The molecular formula is C15H25NO2. The molecule has 0 aliphatic rings. The molecular weight excluding hydrogens is 226 g/mol. The maximum atomic E-state index is 9.82. The lowest BCUT2D eigenvalue weighted by atomic mass is 9.99. The van der Waals surface area contributed by atoms with Crippen molar-refractivity contribution in [1.82, 2.24) is 0 Å². The molecule has 102 valence electrons. The summed E-state index contributed by atoms with van der Waals surface area (Å²) in [4.78, 5) is 0. The Morgan fingerprint density at radius 1 is 1.06 bits per heavy atom. The standard InChI is InChI=1S/C15H25NO2/c1-3-4-5-6-7-12-9-13(8-11(2)16)15(18)10-14(12)17/h9-11,17-18H,3-8,16H2,1-2H3. The molecule has 1 rings (SSSR count). The van der Waals surface area contributed by atoms with Crippen LogP contribution in [-0.4, -0.2) is 16.3 Å². The van der Waals surface area contributed by atoms with Gasteiger partial charge in [0.15, 0.2) is 0 Å². The maximum Gasteiger partial charge on any atom is 0.122 e. The number of rotatable bonds is 7. The molecule has 0 fully saturated rings. The van der Waals surface area contributed by atoms with E-state index in [0.29, 0.717) is 6.42 Å². The van der Waals surface area contributed by atoms with Crippen molar-refractivity contribution in [1.29, 1.82) is 0 Å². The van der Waals surface area contributed by atoms with Crippen molar-refractivity contribution < 1.29 is 10.2 Å². The van der Waals surface area contributed by atoms with E-state index in [-0.39, 0.29) is 17.5 Å². The second-order valence-electron chi connectivity index (χ2n) is 5.10. The molecule has 3 heteroatoms. The lowest BCUT2D eigenvalue weighted by Gasteiger charge is -2.12. The number of aromatic hydroxyl groups is 2. The molecule has 0 radical (unpaired) electrons. The van der Waals surface area contributed by atoms with Crippen LogP contribution in [0.5, 0.6) is 11.5 Å². The van der Waals surface area contributed by atoms with Crippen LogP contribution in [0.1, 0.15) is 50.7 Å². The SMILES string of the molecule is CCCCCCc1cc(CC(C)N)c(O)cc1O. The van der Waals surface area contributed by atoms with Crippen LogP contribution in [0.2, 0.25) is 0 Å². The fourth-order valence-corrected chi connectivity index (χ4v) is 2.13. The van der Waals surface area contributed by atoms with Crippen molar-refractivity contribution in [2.75, 3.05) is 0 Å². The summed E-state index contributed by atoms with van der Waals surface area (Å²) in [5, 5.41) is 19.6. The molecule has 0 aromatic heterocycles. The zero-order chi connectivity index (χ0) is 13.5. The molecule has 0 bridgehead atoms. The Balaban J connectivity index is 2.71. The van der Waals surface area contributed by atoms with Crippen molar-refractivity contribution in [2.45, 2.75) is 58.4 Å². The zero-order valence-electron chi connectivity index (χ0n) is 11.4. The van der Waals surface area contributed by atoms with E-state index in [4.69, 9.17) is 5.73 Å². The number of aryl methyl sites for hydroxylation is 1. The molecule has 0 aliphatic carbocycles. The van der Waals surface area contributed by atoms with Gasteiger partial charge in [0.2, 0.25) is 0 Å². The molecule has 0 amide bonds. The Hall–Kier alpha value is -1.22. The molecule has 0 saturated heterocycles. The highest BCUT2D eigenvalue weighted by Crippen LogP contribution is 2.29. The summed E-state index contributed by atoms with van der Waals surface area (Å²) in [7, 11) is 0. The average molecular weight is 251 g/mol. The van der Waals surface area contributed by atoms with Crippen LogP contribution in [0.15, 0.2) is 12.1 Å². The molecule has 0 saturated carbocycles. The van der Waals surface area contributed by atoms with Gasteiger partial charge in [0.25, 0.3) is 0 Å². The topological polar surface area (TPSA) is 66.5 Å². The van der Waals surface area contributed by atoms with E-state index in [1.807, 2.05) is 13.0 Å². The van der Waals surface area contributed by atoms with E-state index >= 15 is 0 Å². The molecule has 1 atom stereocenters. The third-order valence-corrected chi connectivity index (χ3v) is 3.12. The summed E-state index contributed by atoms with van der Waals surface area (Å²) in [5.74, 6) is 0.333. The average Bonchev–Trinajstić information content (AvgIpc) is 2.29. The van der Waals surface area contributed by atoms with Gasteiger partial charge >= 0.3 is 0 Å². The third-order valence-electron chi connectivity index (χ3n) is 3.12. The van der Waals surface area contributed by atoms with Gasteiger partial charge in [0.05, 0.1) is 0 Å². The zero-order valence-corrected chi connectivity index (χ0v) is 11.4. The molecule has 1 unspecified atom stereocenters. The first-order valence-electron chi connectivity index (χ1n) is 6.84. The van der Waals surface area contributed by atoms with Crippen molar-refractivity contribution in [2.24, 2.45) is 5.73 Å². The quantitative estimate of drug-likeness (QED) is 0.652. The minimum absolute atomic E-state index is 0.00776. The monoisotopic (exact) mass is 251 g/mol. The Labute approximate surface area is 110 Å². The normalized spacial score (nSPS) is 12.6. The van der Waals surface area contributed by atoms with E-state index in [1.54, 1.807) is 0 Å². The van der Waals surface area contributed by atoms with Crippen LogP contribution < -0.4 is 5.73 Å². The summed E-state index contributed by atoms with van der Waals surface area (Å²) < 4.78 is 0. The van der Waals surface area contributed by atoms with Gasteiger partial charge in [-0.2, -0.15) is 0 Å². The van der Waals surface area contributed by atoms with Gasteiger partial charge in [-0.1, -0.05) is 26.2 Å². The number of nitrogens with two attached hydrogens (primary N) is 1. The highest BCUT2D eigenvalue weighted by atomic mass is 16.3. The second kappa shape index (κ2) is 7.27. The molecule has 0 heterocycles. The van der Waals surface area contributed by atoms with Crippen LogP contribution in [-0.2, 0) is 12.8 Å². The highest BCUT2D eigenvalue weighted by molar-refractivity contribution is 5.45. The number of phenols is 2. The Morgan fingerprint density at radius 2 is 1.72 bits per heavy atom. The first kappa shape index (κ1) is 14.8. The number of phenolic OH excluding ortho intramolecular Hbond substituents is 2. The first-order valence-corrected chi connectivity index (χ1v) is 6.84.